The van der Waals surface area contributed by atoms with Gasteiger partial charge in [0.25, 0.3) is 5.91 Å². The van der Waals surface area contributed by atoms with Gasteiger partial charge in [0, 0.05) is 21.4 Å². The highest BCUT2D eigenvalue weighted by Crippen LogP contribution is 2.34. The summed E-state index contributed by atoms with van der Waals surface area (Å²) in [6.07, 6.45) is 4.59. The van der Waals surface area contributed by atoms with E-state index in [-0.39, 0.29) is 11.7 Å². The summed E-state index contributed by atoms with van der Waals surface area (Å²) in [7, 11) is 0. The number of amides is 1. The van der Waals surface area contributed by atoms with Crippen LogP contribution in [0.5, 0.6) is 5.75 Å². The molecular weight excluding hydrogens is 358 g/mol. The molecule has 0 aliphatic heterocycles. The first-order valence-corrected chi connectivity index (χ1v) is 10.2. The number of hydrogen-bond acceptors (Lipinski definition) is 4. The smallest absolute Gasteiger partial charge is 0.265 e. The predicted octanol–water partition coefficient (Wildman–Crippen LogP) is 5.33. The molecule has 2 aromatic rings. The van der Waals surface area contributed by atoms with E-state index in [1.165, 1.54) is 37.5 Å². The van der Waals surface area contributed by atoms with Gasteiger partial charge in [0.1, 0.15) is 5.75 Å². The third-order valence-electron chi connectivity index (χ3n) is 4.65. The summed E-state index contributed by atoms with van der Waals surface area (Å²) in [6.45, 7) is 3.20. The summed E-state index contributed by atoms with van der Waals surface area (Å²) in [5, 5.41) is 3.61. The second kappa shape index (κ2) is 9.09. The monoisotopic (exact) mass is 383 g/mol. The Balaban J connectivity index is 1.54. The van der Waals surface area contributed by atoms with E-state index in [4.69, 9.17) is 4.74 Å². The number of anilines is 1. The van der Waals surface area contributed by atoms with Gasteiger partial charge in [-0.15, -0.1) is 11.8 Å². The van der Waals surface area contributed by atoms with E-state index in [1.807, 2.05) is 23.9 Å². The van der Waals surface area contributed by atoms with Crippen molar-refractivity contribution in [3.05, 3.63) is 54.1 Å². The number of carbonyl (C=O) groups excluding carboxylic acids is 2. The Labute approximate surface area is 164 Å². The lowest BCUT2D eigenvalue weighted by atomic mass is 10.1. The van der Waals surface area contributed by atoms with E-state index >= 15 is 0 Å². The fourth-order valence-corrected chi connectivity index (χ4v) is 4.35. The number of ketones is 1. The summed E-state index contributed by atoms with van der Waals surface area (Å²) >= 11 is 1.93. The van der Waals surface area contributed by atoms with Crippen molar-refractivity contribution in [3.63, 3.8) is 0 Å². The number of rotatable bonds is 7. The highest BCUT2D eigenvalue weighted by molar-refractivity contribution is 8.00. The first-order chi connectivity index (χ1) is 13.0. The molecular formula is C22H25NO3S. The van der Waals surface area contributed by atoms with Crippen LogP contribution in [0.1, 0.15) is 49.9 Å². The lowest BCUT2D eigenvalue weighted by molar-refractivity contribution is -0.122. The van der Waals surface area contributed by atoms with E-state index in [1.54, 1.807) is 31.2 Å². The maximum atomic E-state index is 12.4. The molecule has 1 aliphatic rings. The van der Waals surface area contributed by atoms with Crippen molar-refractivity contribution in [2.75, 3.05) is 5.32 Å². The first kappa shape index (κ1) is 19.5. The quantitative estimate of drug-likeness (QED) is 0.657. The van der Waals surface area contributed by atoms with Crippen LogP contribution < -0.4 is 10.1 Å². The van der Waals surface area contributed by atoms with Crippen LogP contribution in [-0.4, -0.2) is 23.0 Å². The number of ether oxygens (including phenoxy) is 1. The third kappa shape index (κ3) is 5.60. The summed E-state index contributed by atoms with van der Waals surface area (Å²) in [4.78, 5) is 25.1. The second-order valence-corrected chi connectivity index (χ2v) is 8.26. The molecule has 1 aliphatic carbocycles. The Morgan fingerprint density at radius 1 is 1.11 bits per heavy atom. The molecule has 1 fully saturated rings. The largest absolute Gasteiger partial charge is 0.481 e. The van der Waals surface area contributed by atoms with Gasteiger partial charge in [-0.1, -0.05) is 25.0 Å². The molecule has 1 saturated carbocycles. The molecule has 0 aromatic heterocycles. The fraction of sp³-hybridized carbons (Fsp3) is 0.364. The maximum absolute atomic E-state index is 12.4. The van der Waals surface area contributed by atoms with Crippen molar-refractivity contribution in [1.82, 2.24) is 0 Å². The van der Waals surface area contributed by atoms with Crippen LogP contribution >= 0.6 is 11.8 Å². The minimum atomic E-state index is -0.667. The molecule has 0 saturated heterocycles. The van der Waals surface area contributed by atoms with E-state index in [0.717, 1.165) is 10.9 Å². The van der Waals surface area contributed by atoms with Crippen molar-refractivity contribution >= 4 is 29.1 Å². The molecule has 0 radical (unpaired) electrons. The number of carbonyl (C=O) groups is 2. The fourth-order valence-electron chi connectivity index (χ4n) is 3.11. The molecule has 1 unspecified atom stereocenters. The average Bonchev–Trinajstić information content (AvgIpc) is 3.16. The van der Waals surface area contributed by atoms with Gasteiger partial charge >= 0.3 is 0 Å². The number of hydrogen-bond donors (Lipinski definition) is 1. The zero-order valence-corrected chi connectivity index (χ0v) is 16.6. The zero-order valence-electron chi connectivity index (χ0n) is 15.7. The van der Waals surface area contributed by atoms with Gasteiger partial charge in [0.2, 0.25) is 0 Å². The molecule has 2 aromatic carbocycles. The molecule has 0 spiro atoms. The lowest BCUT2D eigenvalue weighted by Crippen LogP contribution is -2.30. The van der Waals surface area contributed by atoms with E-state index < -0.39 is 6.10 Å². The Morgan fingerprint density at radius 3 is 2.48 bits per heavy atom. The van der Waals surface area contributed by atoms with Crippen LogP contribution in [0.3, 0.4) is 0 Å². The van der Waals surface area contributed by atoms with E-state index in [2.05, 4.69) is 17.4 Å². The number of nitrogens with one attached hydrogen (secondary N) is 1. The highest BCUT2D eigenvalue weighted by Gasteiger charge is 2.17. The Hall–Kier alpha value is -2.27. The van der Waals surface area contributed by atoms with Gasteiger partial charge in [0.05, 0.1) is 0 Å². The van der Waals surface area contributed by atoms with Crippen molar-refractivity contribution in [3.8, 4) is 5.75 Å². The maximum Gasteiger partial charge on any atom is 0.265 e. The Morgan fingerprint density at radius 2 is 1.81 bits per heavy atom. The van der Waals surface area contributed by atoms with Gasteiger partial charge in [-0.3, -0.25) is 9.59 Å². The molecule has 4 nitrogen and oxygen atoms in total. The zero-order chi connectivity index (χ0) is 19.2. The number of thioether (sulfide) groups is 1. The molecule has 1 N–H and O–H groups in total. The topological polar surface area (TPSA) is 55.4 Å². The summed E-state index contributed by atoms with van der Waals surface area (Å²) in [5.41, 5.74) is 1.32. The average molecular weight is 384 g/mol. The summed E-state index contributed by atoms with van der Waals surface area (Å²) in [5.74, 6) is 0.251. The van der Waals surface area contributed by atoms with Gasteiger partial charge in [-0.05, 0) is 63.1 Å². The van der Waals surface area contributed by atoms with Crippen molar-refractivity contribution in [2.24, 2.45) is 0 Å². The molecule has 142 valence electrons. The number of Topliss-reactive ketones (excluding diaryl/α,β-unsaturated/α-hetero) is 1. The predicted molar refractivity (Wildman–Crippen MR) is 110 cm³/mol. The SMILES string of the molecule is CC(=O)c1cccc(OC(C)C(=O)Nc2ccc(SC3CCCC3)cc2)c1. The van der Waals surface area contributed by atoms with Crippen LogP contribution in [0.4, 0.5) is 5.69 Å². The van der Waals surface area contributed by atoms with Gasteiger partial charge in [0.15, 0.2) is 11.9 Å². The third-order valence-corrected chi connectivity index (χ3v) is 6.00. The normalized spacial score (nSPS) is 15.3. The summed E-state index contributed by atoms with van der Waals surface area (Å²) in [6, 6.07) is 14.8. The highest BCUT2D eigenvalue weighted by atomic mass is 32.2. The Bertz CT molecular complexity index is 797. The molecule has 0 bridgehead atoms. The van der Waals surface area contributed by atoms with Gasteiger partial charge < -0.3 is 10.1 Å². The number of benzene rings is 2. The van der Waals surface area contributed by atoms with E-state index in [0.29, 0.717) is 11.3 Å². The summed E-state index contributed by atoms with van der Waals surface area (Å²) < 4.78 is 5.68. The van der Waals surface area contributed by atoms with Gasteiger partial charge in [-0.2, -0.15) is 0 Å². The molecule has 5 heteroatoms. The van der Waals surface area contributed by atoms with Crippen LogP contribution in [0.2, 0.25) is 0 Å². The molecule has 0 heterocycles. The molecule has 1 atom stereocenters. The standard InChI is InChI=1S/C22H25NO3S/c1-15(24)17-6-5-7-19(14-17)26-16(2)22(25)23-18-10-12-21(13-11-18)27-20-8-3-4-9-20/h5-7,10-14,16,20H,3-4,8-9H2,1-2H3,(H,23,25). The van der Waals surface area contributed by atoms with Crippen LogP contribution in [-0.2, 0) is 4.79 Å². The van der Waals surface area contributed by atoms with Crippen LogP contribution in [0.25, 0.3) is 0 Å². The second-order valence-electron chi connectivity index (χ2n) is 6.88. The van der Waals surface area contributed by atoms with Crippen molar-refractivity contribution < 1.29 is 14.3 Å². The molecule has 3 rings (SSSR count). The van der Waals surface area contributed by atoms with Crippen LogP contribution in [0, 0.1) is 0 Å². The molecule has 1 amide bonds. The first-order valence-electron chi connectivity index (χ1n) is 9.36. The lowest BCUT2D eigenvalue weighted by Gasteiger charge is -2.15. The van der Waals surface area contributed by atoms with Crippen LogP contribution in [0.15, 0.2) is 53.4 Å². The minimum Gasteiger partial charge on any atom is -0.481 e. The molecule has 27 heavy (non-hydrogen) atoms. The van der Waals surface area contributed by atoms with Crippen molar-refractivity contribution in [1.29, 1.82) is 0 Å². The Kier molecular flexibility index (Phi) is 6.56. The van der Waals surface area contributed by atoms with E-state index in [9.17, 15) is 9.59 Å². The minimum absolute atomic E-state index is 0.0341. The van der Waals surface area contributed by atoms with Crippen molar-refractivity contribution in [2.45, 2.75) is 55.8 Å². The van der Waals surface area contributed by atoms with Gasteiger partial charge in [-0.25, -0.2) is 0 Å².